The summed E-state index contributed by atoms with van der Waals surface area (Å²) in [5.41, 5.74) is 2.45. The molecule has 0 radical (unpaired) electrons. The van der Waals surface area contributed by atoms with Crippen LogP contribution >= 0.6 is 0 Å². The van der Waals surface area contributed by atoms with Gasteiger partial charge in [0.05, 0.1) is 104 Å². The van der Waals surface area contributed by atoms with Gasteiger partial charge in [-0.3, -0.25) is 14.7 Å². The minimum absolute atomic E-state index is 0.0406. The number of carbonyl (C=O) groups excluding carboxylic acids is 3. The minimum Gasteiger partial charge on any atom is -0.447 e. The number of aromatic nitrogens is 5. The third-order valence-corrected chi connectivity index (χ3v) is 15.7. The quantitative estimate of drug-likeness (QED) is 0.0803. The lowest BCUT2D eigenvalue weighted by molar-refractivity contribution is -0.0540. The Balaban J connectivity index is 0.000000142. The Hall–Kier alpha value is -8.76. The van der Waals surface area contributed by atoms with E-state index in [4.69, 9.17) is 55.2 Å². The molecule has 3 aromatic carbocycles. The molecule has 0 bridgehead atoms. The Labute approximate surface area is 552 Å². The van der Waals surface area contributed by atoms with Gasteiger partial charge in [0.2, 0.25) is 29.5 Å². The van der Waals surface area contributed by atoms with E-state index in [2.05, 4.69) is 56.3 Å². The van der Waals surface area contributed by atoms with Crippen LogP contribution < -0.4 is 10.6 Å². The zero-order valence-electron chi connectivity index (χ0n) is 55.0. The van der Waals surface area contributed by atoms with Gasteiger partial charge < -0.3 is 71.0 Å². The van der Waals surface area contributed by atoms with E-state index < -0.39 is 12.2 Å². The van der Waals surface area contributed by atoms with E-state index in [0.29, 0.717) is 56.1 Å². The summed E-state index contributed by atoms with van der Waals surface area (Å²) >= 11 is 0. The molecule has 3 amide bonds. The second-order valence-corrected chi connectivity index (χ2v) is 25.2. The monoisotopic (exact) mass is 1310 g/mol. The molecule has 3 N–H and O–H groups in total. The third kappa shape index (κ3) is 21.6. The Morgan fingerprint density at radius 1 is 0.442 bits per heavy atom. The molecule has 510 valence electrons. The maximum Gasteiger partial charge on any atom is 0.410 e. The van der Waals surface area contributed by atoms with Gasteiger partial charge in [0.15, 0.2) is 0 Å². The number of benzene rings is 3. The number of aliphatic hydroxyl groups is 1. The molecule has 0 saturated carbocycles. The van der Waals surface area contributed by atoms with E-state index in [1.54, 1.807) is 61.3 Å². The largest absolute Gasteiger partial charge is 0.447 e. The summed E-state index contributed by atoms with van der Waals surface area (Å²) in [7, 11) is 3.36. The summed E-state index contributed by atoms with van der Waals surface area (Å²) in [4.78, 5) is 62.5. The van der Waals surface area contributed by atoms with Crippen molar-refractivity contribution in [2.45, 2.75) is 165 Å². The number of oxazole rings is 5. The molecule has 5 saturated heterocycles. The lowest BCUT2D eigenvalue weighted by Crippen LogP contribution is -2.34. The summed E-state index contributed by atoms with van der Waals surface area (Å²) in [5.74, 6) is 2.96. The highest BCUT2D eigenvalue weighted by Gasteiger charge is 2.43. The van der Waals surface area contributed by atoms with Crippen LogP contribution in [0.25, 0.3) is 0 Å². The van der Waals surface area contributed by atoms with Crippen LogP contribution in [0.1, 0.15) is 150 Å². The van der Waals surface area contributed by atoms with Gasteiger partial charge in [-0.2, -0.15) is 0 Å². The van der Waals surface area contributed by atoms with Crippen molar-refractivity contribution in [1.82, 2.24) is 50.3 Å². The van der Waals surface area contributed by atoms with Gasteiger partial charge in [-0.25, -0.2) is 39.3 Å². The van der Waals surface area contributed by atoms with E-state index in [1.807, 2.05) is 112 Å². The molecule has 0 unspecified atom stereocenters. The highest BCUT2D eigenvalue weighted by Crippen LogP contribution is 2.37. The normalized spacial score (nSPS) is 23.1. The van der Waals surface area contributed by atoms with Crippen molar-refractivity contribution in [3.63, 3.8) is 0 Å². The van der Waals surface area contributed by atoms with Crippen molar-refractivity contribution in [3.05, 3.63) is 199 Å². The van der Waals surface area contributed by atoms with E-state index in [0.717, 1.165) is 54.4 Å². The molecule has 5 fully saturated rings. The number of nitrogens with one attached hydrogen (secondary N) is 2. The lowest BCUT2D eigenvalue weighted by Gasteiger charge is -2.24. The fourth-order valence-corrected chi connectivity index (χ4v) is 11.4. The second-order valence-electron chi connectivity index (χ2n) is 25.2. The standard InChI is InChI=1S/C19H24N2O4.C16H18N2O4.C15H16N2O4.C11H18N2O2.C8H12N2O2/c1-19(2,3)25-15-11-16(17-20-9-10-23-17)21(12-15)18(22)24-13-14-7-5-4-6-8-14;1-20-13-9-14(15-17-7-8-21-15)18(10-13)16(19)22-11-12-5-3-2-4-6-12;18-12-8-13(14-16-6-7-20-14)17(9-12)15(19)21-10-11-4-2-1-3-5-11;1-11(2,3)15-8-6-9(13-7-8)10-12-4-5-14-10;1-11-6-4-7(10-5-6)8-9-2-3-12-8/h4-10,15-16H,11-13H2,1-3H3;2-8,13-14H,9-11H2,1H3;1-7,12-13,18H,8-10H2;4-5,8-9,13H,6-7H2,1-3H3;2-3,6-7,10H,4-5H2,1H3/t15-,16+;13-,14+;12-,13+;8-,9+;6-,7+/m11111/s1. The predicted octanol–water partition coefficient (Wildman–Crippen LogP) is 11.5. The maximum atomic E-state index is 12.6. The predicted molar refractivity (Wildman–Crippen MR) is 342 cm³/mol. The molecule has 8 aromatic rings. The average molecular weight is 1310 g/mol. The van der Waals surface area contributed by atoms with Gasteiger partial charge in [0.25, 0.3) is 0 Å². The van der Waals surface area contributed by atoms with Crippen LogP contribution in [-0.4, -0.2) is 152 Å². The Morgan fingerprint density at radius 3 is 1.13 bits per heavy atom. The van der Waals surface area contributed by atoms with Gasteiger partial charge in [-0.05, 0) is 71.1 Å². The number of amides is 3. The molecule has 95 heavy (non-hydrogen) atoms. The fraction of sp³-hybridized carbons (Fsp3) is 0.478. The SMILES string of the molecule is CC(C)(C)O[C@@H]1C[C@@H](c2ncco2)N(C(=O)OCc2ccccc2)C1.CC(C)(C)O[C@H]1CN[C@H](c2ncco2)C1.CO[C@@H]1C[C@@H](c2ncco2)N(C(=O)OCc2ccccc2)C1.CO[C@H]1CN[C@H](c2ncco2)C1.O=C(OCc1ccccc1)N1C[C@H](O)C[C@H]1c1ncco1. The number of carbonyl (C=O) groups is 3. The molecule has 5 aromatic heterocycles. The fourth-order valence-electron chi connectivity index (χ4n) is 11.4. The summed E-state index contributed by atoms with van der Waals surface area (Å²) in [6.45, 7) is 15.8. The molecule has 5 aliphatic heterocycles. The van der Waals surface area contributed by atoms with Crippen LogP contribution in [0, 0.1) is 0 Å². The van der Waals surface area contributed by atoms with Crippen molar-refractivity contribution in [2.24, 2.45) is 0 Å². The van der Waals surface area contributed by atoms with E-state index in [-0.39, 0.29) is 98.3 Å². The topological polar surface area (TPSA) is 300 Å². The van der Waals surface area contributed by atoms with Crippen LogP contribution in [0.4, 0.5) is 14.4 Å². The summed E-state index contributed by atoms with van der Waals surface area (Å²) in [5, 5.41) is 16.4. The second kappa shape index (κ2) is 34.6. The van der Waals surface area contributed by atoms with Crippen molar-refractivity contribution < 1.29 is 74.7 Å². The number of nitrogens with zero attached hydrogens (tertiary/aromatic N) is 8. The molecule has 10 atom stereocenters. The van der Waals surface area contributed by atoms with Crippen molar-refractivity contribution in [3.8, 4) is 0 Å². The number of rotatable bonds is 15. The first kappa shape index (κ1) is 70.6. The first-order chi connectivity index (χ1) is 45.9. The van der Waals surface area contributed by atoms with Crippen molar-refractivity contribution in [1.29, 1.82) is 0 Å². The Morgan fingerprint density at radius 2 is 0.768 bits per heavy atom. The van der Waals surface area contributed by atoms with Gasteiger partial charge in [-0.15, -0.1) is 0 Å². The van der Waals surface area contributed by atoms with Gasteiger partial charge in [0, 0.05) is 46.6 Å². The summed E-state index contributed by atoms with van der Waals surface area (Å²) in [6.07, 6.45) is 17.8. The number of β-amino-alcohol motifs (C(OH)–C–C–N with tert-alkyl or cyclic N) is 1. The van der Waals surface area contributed by atoms with Gasteiger partial charge in [0.1, 0.15) is 69.3 Å². The lowest BCUT2D eigenvalue weighted by atomic mass is 10.1. The average Bonchev–Trinajstić information content (AvgIpc) is 1.70. The van der Waals surface area contributed by atoms with Gasteiger partial charge in [-0.1, -0.05) is 91.0 Å². The smallest absolute Gasteiger partial charge is 0.410 e. The summed E-state index contributed by atoms with van der Waals surface area (Å²) < 4.78 is 65.1. The Bertz CT molecular complexity index is 3430. The molecule has 5 aliphatic rings. The van der Waals surface area contributed by atoms with Crippen molar-refractivity contribution in [2.75, 3.05) is 46.9 Å². The van der Waals surface area contributed by atoms with Crippen molar-refractivity contribution >= 4 is 18.3 Å². The van der Waals surface area contributed by atoms with E-state index >= 15 is 0 Å². The Kier molecular flexibility index (Phi) is 25.7. The molecular weight excluding hydrogens is 1220 g/mol. The molecule has 0 spiro atoms. The number of likely N-dealkylation sites (tertiary alicyclic amines) is 3. The number of hydrogen-bond acceptors (Lipinski definition) is 23. The van der Waals surface area contributed by atoms with Crippen LogP contribution in [0.5, 0.6) is 0 Å². The van der Waals surface area contributed by atoms with E-state index in [9.17, 15) is 19.5 Å². The number of methoxy groups -OCH3 is 2. The highest BCUT2D eigenvalue weighted by atomic mass is 16.6. The van der Waals surface area contributed by atoms with Gasteiger partial charge >= 0.3 is 18.3 Å². The van der Waals surface area contributed by atoms with E-state index in [1.165, 1.54) is 29.9 Å². The first-order valence-corrected chi connectivity index (χ1v) is 31.8. The zero-order valence-corrected chi connectivity index (χ0v) is 55.0. The maximum absolute atomic E-state index is 12.6. The van der Waals surface area contributed by atoms with Crippen LogP contribution in [0.2, 0.25) is 0 Å². The van der Waals surface area contributed by atoms with Crippen LogP contribution in [0.15, 0.2) is 175 Å². The molecule has 0 aliphatic carbocycles. The van der Waals surface area contributed by atoms with Crippen LogP contribution in [-0.2, 0) is 53.0 Å². The number of ether oxygens (including phenoxy) is 7. The minimum atomic E-state index is -0.592. The first-order valence-electron chi connectivity index (χ1n) is 31.8. The molecule has 13 rings (SSSR count). The summed E-state index contributed by atoms with van der Waals surface area (Å²) in [6, 6.07) is 28.2. The third-order valence-electron chi connectivity index (χ3n) is 15.7. The number of hydrogen-bond donors (Lipinski definition) is 3. The molecule has 26 heteroatoms. The van der Waals surface area contributed by atoms with Crippen LogP contribution in [0.3, 0.4) is 0 Å². The molecular formula is C69H88N10O16. The number of aliphatic hydroxyl groups excluding tert-OH is 1. The highest BCUT2D eigenvalue weighted by molar-refractivity contribution is 5.70. The molecule has 26 nitrogen and oxygen atoms in total. The zero-order chi connectivity index (χ0) is 67.2. The molecule has 10 heterocycles.